The van der Waals surface area contributed by atoms with Gasteiger partial charge < -0.3 is 11.1 Å². The molecule has 0 aromatic heterocycles. The first-order chi connectivity index (χ1) is 12.4. The number of carbonyl (C=O) groups is 3. The second-order valence-electron chi connectivity index (χ2n) is 5.30. The van der Waals surface area contributed by atoms with Gasteiger partial charge in [-0.1, -0.05) is 53.5 Å². The number of primary amides is 1. The molecular weight excluding hydrogens is 379 g/mol. The molecule has 0 fully saturated rings. The van der Waals surface area contributed by atoms with Crippen molar-refractivity contribution in [3.8, 4) is 0 Å². The summed E-state index contributed by atoms with van der Waals surface area (Å²) in [5.41, 5.74) is 10.5. The van der Waals surface area contributed by atoms with E-state index in [-0.39, 0.29) is 17.0 Å². The lowest BCUT2D eigenvalue weighted by Crippen LogP contribution is -2.44. The summed E-state index contributed by atoms with van der Waals surface area (Å²) >= 11 is 11.8. The number of hydrogen-bond acceptors (Lipinski definition) is 3. The van der Waals surface area contributed by atoms with E-state index >= 15 is 0 Å². The van der Waals surface area contributed by atoms with Crippen LogP contribution in [0.2, 0.25) is 10.0 Å². The zero-order valence-corrected chi connectivity index (χ0v) is 15.0. The summed E-state index contributed by atoms with van der Waals surface area (Å²) in [4.78, 5) is 35.4. The predicted molar refractivity (Wildman–Crippen MR) is 98.6 cm³/mol. The van der Waals surface area contributed by atoms with Crippen molar-refractivity contribution in [3.05, 3.63) is 69.7 Å². The van der Waals surface area contributed by atoms with Crippen LogP contribution in [0.4, 0.5) is 4.79 Å². The maximum absolute atomic E-state index is 12.1. The average Bonchev–Trinajstić information content (AvgIpc) is 2.61. The molecule has 0 spiro atoms. The molecule has 2 rings (SSSR count). The highest BCUT2D eigenvalue weighted by Crippen LogP contribution is 2.20. The third-order valence-corrected chi connectivity index (χ3v) is 3.96. The van der Waals surface area contributed by atoms with Gasteiger partial charge in [0.1, 0.15) is 0 Å². The molecule has 0 aliphatic rings. The van der Waals surface area contributed by atoms with Crippen molar-refractivity contribution >= 4 is 41.0 Å². The van der Waals surface area contributed by atoms with E-state index in [9.17, 15) is 14.4 Å². The number of halogens is 2. The normalized spacial score (nSPS) is 11.3. The maximum Gasteiger partial charge on any atom is 0.312 e. The van der Waals surface area contributed by atoms with Gasteiger partial charge in [0, 0.05) is 5.02 Å². The van der Waals surface area contributed by atoms with E-state index in [2.05, 4.69) is 16.2 Å². The second kappa shape index (κ2) is 9.07. The Morgan fingerprint density at radius 2 is 1.69 bits per heavy atom. The molecule has 0 aliphatic heterocycles. The molecule has 2 aromatic rings. The van der Waals surface area contributed by atoms with Crippen LogP contribution in [0.15, 0.2) is 48.5 Å². The van der Waals surface area contributed by atoms with E-state index in [1.165, 1.54) is 12.1 Å². The summed E-state index contributed by atoms with van der Waals surface area (Å²) in [6, 6.07) is 11.8. The predicted octanol–water partition coefficient (Wildman–Crippen LogP) is 2.55. The van der Waals surface area contributed by atoms with Crippen LogP contribution in [-0.4, -0.2) is 17.8 Å². The van der Waals surface area contributed by atoms with Gasteiger partial charge >= 0.3 is 6.03 Å². The van der Waals surface area contributed by atoms with Crippen LogP contribution in [-0.2, 0) is 4.79 Å². The molecule has 9 heteroatoms. The van der Waals surface area contributed by atoms with Crippen molar-refractivity contribution in [2.75, 3.05) is 0 Å². The quantitative estimate of drug-likeness (QED) is 0.584. The molecule has 4 amide bonds. The minimum Gasteiger partial charge on any atom is -0.352 e. The summed E-state index contributed by atoms with van der Waals surface area (Å²) < 4.78 is 0. The fraction of sp³-hybridized carbons (Fsp3) is 0.118. The number of hydrazine groups is 1. The maximum atomic E-state index is 12.1. The number of carbonyl (C=O) groups excluding carboxylic acids is 3. The molecule has 0 unspecified atom stereocenters. The lowest BCUT2D eigenvalue weighted by atomic mass is 10.0. The number of urea groups is 1. The Labute approximate surface area is 159 Å². The van der Waals surface area contributed by atoms with Gasteiger partial charge in [0.15, 0.2) is 0 Å². The number of rotatable bonds is 5. The fourth-order valence-corrected chi connectivity index (χ4v) is 2.59. The van der Waals surface area contributed by atoms with Gasteiger partial charge in [-0.05, 0) is 23.8 Å². The fourth-order valence-electron chi connectivity index (χ4n) is 2.21. The van der Waals surface area contributed by atoms with Crippen molar-refractivity contribution in [3.63, 3.8) is 0 Å². The van der Waals surface area contributed by atoms with E-state index in [0.717, 1.165) is 0 Å². The molecule has 1 atom stereocenters. The highest BCUT2D eigenvalue weighted by Gasteiger charge is 2.18. The first-order valence-corrected chi connectivity index (χ1v) is 8.27. The first-order valence-electron chi connectivity index (χ1n) is 7.52. The minimum atomic E-state index is -0.763. The Balaban J connectivity index is 1.98. The third-order valence-electron chi connectivity index (χ3n) is 3.40. The van der Waals surface area contributed by atoms with Crippen LogP contribution in [0.25, 0.3) is 0 Å². The lowest BCUT2D eigenvalue weighted by Gasteiger charge is -2.18. The number of nitrogens with one attached hydrogen (secondary N) is 3. The van der Waals surface area contributed by atoms with Crippen molar-refractivity contribution < 1.29 is 14.4 Å². The number of amides is 4. The van der Waals surface area contributed by atoms with Gasteiger partial charge in [-0.15, -0.1) is 0 Å². The molecule has 0 radical (unpaired) electrons. The first kappa shape index (κ1) is 19.6. The van der Waals surface area contributed by atoms with Crippen LogP contribution in [0, 0.1) is 0 Å². The van der Waals surface area contributed by atoms with Crippen molar-refractivity contribution in [2.45, 2.75) is 12.5 Å². The zero-order chi connectivity index (χ0) is 19.1. The van der Waals surface area contributed by atoms with Crippen LogP contribution >= 0.6 is 23.2 Å². The largest absolute Gasteiger partial charge is 0.352 e. The van der Waals surface area contributed by atoms with Crippen molar-refractivity contribution in [1.82, 2.24) is 16.2 Å². The van der Waals surface area contributed by atoms with Gasteiger partial charge in [0.05, 0.1) is 23.0 Å². The Morgan fingerprint density at radius 1 is 1.00 bits per heavy atom. The summed E-state index contributed by atoms with van der Waals surface area (Å²) in [5, 5.41) is 3.02. The number of nitrogens with two attached hydrogens (primary N) is 1. The molecule has 0 bridgehead atoms. The Bertz CT molecular complexity index is 815. The van der Waals surface area contributed by atoms with Crippen LogP contribution in [0.5, 0.6) is 0 Å². The van der Waals surface area contributed by atoms with Crippen LogP contribution < -0.4 is 21.9 Å². The van der Waals surface area contributed by atoms with Crippen molar-refractivity contribution in [1.29, 1.82) is 0 Å². The second-order valence-corrected chi connectivity index (χ2v) is 6.15. The summed E-state index contributed by atoms with van der Waals surface area (Å²) in [6.07, 6.45) is -0.128. The molecule has 5 N–H and O–H groups in total. The lowest BCUT2D eigenvalue weighted by molar-refractivity contribution is -0.122. The molecule has 136 valence electrons. The molecule has 7 nitrogen and oxygen atoms in total. The zero-order valence-electron chi connectivity index (χ0n) is 13.5. The van der Waals surface area contributed by atoms with E-state index in [0.29, 0.717) is 10.6 Å². The van der Waals surface area contributed by atoms with Gasteiger partial charge in [-0.25, -0.2) is 4.79 Å². The highest BCUT2D eigenvalue weighted by atomic mass is 35.5. The molecule has 2 aromatic carbocycles. The van der Waals surface area contributed by atoms with Crippen LogP contribution in [0.3, 0.4) is 0 Å². The van der Waals surface area contributed by atoms with Gasteiger partial charge in [-0.2, -0.15) is 0 Å². The standard InChI is InChI=1S/C17H16Cl2N4O3/c18-11-6-7-13(19)12(8-11)16(25)23-22-15(24)9-14(21-17(20)26)10-4-2-1-3-5-10/h1-8,14H,9H2,(H,22,24)(H,23,25)(H3,20,21,26)/t14-/m1/s1. The van der Waals surface area contributed by atoms with Gasteiger partial charge in [-0.3, -0.25) is 20.4 Å². The smallest absolute Gasteiger partial charge is 0.312 e. The molecule has 0 saturated carbocycles. The summed E-state index contributed by atoms with van der Waals surface area (Å²) in [5.74, 6) is -1.15. The molecule has 0 heterocycles. The number of hydrogen-bond donors (Lipinski definition) is 4. The average molecular weight is 395 g/mol. The topological polar surface area (TPSA) is 113 Å². The summed E-state index contributed by atoms with van der Waals surface area (Å²) in [7, 11) is 0. The molecule has 26 heavy (non-hydrogen) atoms. The highest BCUT2D eigenvalue weighted by molar-refractivity contribution is 6.35. The Morgan fingerprint density at radius 3 is 2.35 bits per heavy atom. The van der Waals surface area contributed by atoms with E-state index < -0.39 is 23.9 Å². The summed E-state index contributed by atoms with van der Waals surface area (Å²) in [6.45, 7) is 0. The van der Waals surface area contributed by atoms with Crippen LogP contribution in [0.1, 0.15) is 28.4 Å². The van der Waals surface area contributed by atoms with Gasteiger partial charge in [0.2, 0.25) is 5.91 Å². The third kappa shape index (κ3) is 5.65. The SMILES string of the molecule is NC(=O)N[C@H](CC(=O)NNC(=O)c1cc(Cl)ccc1Cl)c1ccccc1. The van der Waals surface area contributed by atoms with Crippen molar-refractivity contribution in [2.24, 2.45) is 5.73 Å². The van der Waals surface area contributed by atoms with E-state index in [4.69, 9.17) is 28.9 Å². The van der Waals surface area contributed by atoms with E-state index in [1.807, 2.05) is 0 Å². The monoisotopic (exact) mass is 394 g/mol. The number of benzene rings is 2. The molecule has 0 saturated heterocycles. The molecule has 0 aliphatic carbocycles. The minimum absolute atomic E-state index is 0.120. The van der Waals surface area contributed by atoms with E-state index in [1.54, 1.807) is 36.4 Å². The molecular formula is C17H16Cl2N4O3. The Hall–Kier alpha value is -2.77. The Kier molecular flexibility index (Phi) is 6.82. The van der Waals surface area contributed by atoms with Gasteiger partial charge in [0.25, 0.3) is 5.91 Å².